The molecule has 6 heteroatoms. The van der Waals surface area contributed by atoms with E-state index in [-0.39, 0.29) is 25.0 Å². The number of urea groups is 1. The standard InChI is InChI=1S/C10H10BrN3O2/c11-9-6(2-1-3-7(9)12)5-14-8(15)4-13-10(14)16/h1-3H,4-5,12H2,(H,13,16). The Morgan fingerprint density at radius 1 is 1.44 bits per heavy atom. The second-order valence-corrected chi connectivity index (χ2v) is 4.25. The highest BCUT2D eigenvalue weighted by atomic mass is 79.9. The van der Waals surface area contributed by atoms with Gasteiger partial charge in [0.1, 0.15) is 0 Å². The van der Waals surface area contributed by atoms with Crippen LogP contribution < -0.4 is 11.1 Å². The molecule has 1 aliphatic rings. The average molecular weight is 284 g/mol. The predicted octanol–water partition coefficient (Wildman–Crippen LogP) is 1.08. The van der Waals surface area contributed by atoms with Gasteiger partial charge in [-0.15, -0.1) is 0 Å². The summed E-state index contributed by atoms with van der Waals surface area (Å²) in [4.78, 5) is 23.9. The fourth-order valence-corrected chi connectivity index (χ4v) is 1.90. The summed E-state index contributed by atoms with van der Waals surface area (Å²) in [7, 11) is 0. The van der Waals surface area contributed by atoms with Crippen LogP contribution in [0.2, 0.25) is 0 Å². The van der Waals surface area contributed by atoms with Gasteiger partial charge in [-0.2, -0.15) is 0 Å². The Morgan fingerprint density at radius 2 is 2.19 bits per heavy atom. The number of halogens is 1. The Kier molecular flexibility index (Phi) is 2.82. The van der Waals surface area contributed by atoms with Gasteiger partial charge < -0.3 is 11.1 Å². The number of anilines is 1. The Labute approximate surface area is 101 Å². The van der Waals surface area contributed by atoms with Gasteiger partial charge in [-0.1, -0.05) is 12.1 Å². The Hall–Kier alpha value is -1.56. The monoisotopic (exact) mass is 283 g/mol. The highest BCUT2D eigenvalue weighted by Crippen LogP contribution is 2.25. The molecular formula is C10H10BrN3O2. The van der Waals surface area contributed by atoms with Crippen molar-refractivity contribution in [2.24, 2.45) is 0 Å². The molecule has 2 rings (SSSR count). The van der Waals surface area contributed by atoms with Crippen LogP contribution >= 0.6 is 15.9 Å². The van der Waals surface area contributed by atoms with Crippen LogP contribution in [-0.4, -0.2) is 23.4 Å². The quantitative estimate of drug-likeness (QED) is 0.630. The van der Waals surface area contributed by atoms with Crippen LogP contribution in [0, 0.1) is 0 Å². The van der Waals surface area contributed by atoms with Crippen LogP contribution in [0.3, 0.4) is 0 Å². The van der Waals surface area contributed by atoms with E-state index in [0.29, 0.717) is 5.69 Å². The molecule has 16 heavy (non-hydrogen) atoms. The van der Waals surface area contributed by atoms with Gasteiger partial charge in [0, 0.05) is 10.2 Å². The molecule has 1 aliphatic heterocycles. The lowest BCUT2D eigenvalue weighted by atomic mass is 10.2. The molecule has 0 aliphatic carbocycles. The average Bonchev–Trinajstić information content (AvgIpc) is 2.56. The van der Waals surface area contributed by atoms with Crippen molar-refractivity contribution in [2.45, 2.75) is 6.54 Å². The third kappa shape index (κ3) is 1.88. The van der Waals surface area contributed by atoms with Gasteiger partial charge in [0.05, 0.1) is 13.1 Å². The van der Waals surface area contributed by atoms with Crippen molar-refractivity contribution in [1.82, 2.24) is 10.2 Å². The van der Waals surface area contributed by atoms with E-state index in [2.05, 4.69) is 21.2 Å². The number of hydrogen-bond acceptors (Lipinski definition) is 3. The van der Waals surface area contributed by atoms with Crippen molar-refractivity contribution >= 4 is 33.6 Å². The minimum atomic E-state index is -0.362. The van der Waals surface area contributed by atoms with Crippen LogP contribution in [-0.2, 0) is 11.3 Å². The van der Waals surface area contributed by atoms with Crippen molar-refractivity contribution in [1.29, 1.82) is 0 Å². The molecule has 1 aromatic carbocycles. The molecule has 1 fully saturated rings. The number of nitrogens with zero attached hydrogens (tertiary/aromatic N) is 1. The van der Waals surface area contributed by atoms with Crippen molar-refractivity contribution in [3.63, 3.8) is 0 Å². The molecule has 0 bridgehead atoms. The largest absolute Gasteiger partial charge is 0.398 e. The lowest BCUT2D eigenvalue weighted by Crippen LogP contribution is -2.30. The topological polar surface area (TPSA) is 75.4 Å². The Bertz CT molecular complexity index is 445. The zero-order valence-corrected chi connectivity index (χ0v) is 9.95. The Balaban J connectivity index is 2.24. The number of nitrogen functional groups attached to an aromatic ring is 1. The lowest BCUT2D eigenvalue weighted by molar-refractivity contribution is -0.125. The number of carbonyl (C=O) groups excluding carboxylic acids is 2. The summed E-state index contributed by atoms with van der Waals surface area (Å²) in [5, 5.41) is 2.46. The maximum atomic E-state index is 11.4. The zero-order chi connectivity index (χ0) is 11.7. The fourth-order valence-electron chi connectivity index (χ4n) is 1.51. The summed E-state index contributed by atoms with van der Waals surface area (Å²) in [5.74, 6) is -0.223. The number of amides is 3. The molecule has 0 spiro atoms. The summed E-state index contributed by atoms with van der Waals surface area (Å²) >= 11 is 3.33. The number of imide groups is 1. The molecule has 0 aromatic heterocycles. The molecule has 0 unspecified atom stereocenters. The first kappa shape index (κ1) is 10.9. The van der Waals surface area contributed by atoms with Crippen molar-refractivity contribution in [3.05, 3.63) is 28.2 Å². The lowest BCUT2D eigenvalue weighted by Gasteiger charge is -2.14. The first-order valence-electron chi connectivity index (χ1n) is 4.70. The van der Waals surface area contributed by atoms with Gasteiger partial charge in [-0.3, -0.25) is 9.69 Å². The summed E-state index contributed by atoms with van der Waals surface area (Å²) in [6, 6.07) is 4.99. The van der Waals surface area contributed by atoms with Crippen molar-refractivity contribution in [3.8, 4) is 0 Å². The van der Waals surface area contributed by atoms with E-state index >= 15 is 0 Å². The molecule has 1 aromatic rings. The smallest absolute Gasteiger partial charge is 0.324 e. The van der Waals surface area contributed by atoms with Gasteiger partial charge in [0.25, 0.3) is 0 Å². The third-order valence-electron chi connectivity index (χ3n) is 2.37. The van der Waals surface area contributed by atoms with Crippen LogP contribution in [0.25, 0.3) is 0 Å². The van der Waals surface area contributed by atoms with E-state index in [1.54, 1.807) is 12.1 Å². The van der Waals surface area contributed by atoms with Gasteiger partial charge >= 0.3 is 6.03 Å². The molecular weight excluding hydrogens is 274 g/mol. The van der Waals surface area contributed by atoms with Crippen LogP contribution in [0.1, 0.15) is 5.56 Å². The second-order valence-electron chi connectivity index (χ2n) is 3.46. The molecule has 0 saturated carbocycles. The van der Waals surface area contributed by atoms with Crippen LogP contribution in [0.15, 0.2) is 22.7 Å². The number of nitrogens with two attached hydrogens (primary N) is 1. The minimum Gasteiger partial charge on any atom is -0.398 e. The molecule has 5 nitrogen and oxygen atoms in total. The van der Waals surface area contributed by atoms with E-state index in [4.69, 9.17) is 5.73 Å². The molecule has 1 heterocycles. The van der Waals surface area contributed by atoms with E-state index in [1.807, 2.05) is 6.07 Å². The SMILES string of the molecule is Nc1cccc(CN2C(=O)CNC2=O)c1Br. The molecule has 1 saturated heterocycles. The number of rotatable bonds is 2. The zero-order valence-electron chi connectivity index (χ0n) is 8.37. The first-order chi connectivity index (χ1) is 7.59. The van der Waals surface area contributed by atoms with Gasteiger partial charge in [0.2, 0.25) is 5.91 Å². The molecule has 0 atom stereocenters. The van der Waals surface area contributed by atoms with E-state index in [1.165, 1.54) is 4.90 Å². The minimum absolute atomic E-state index is 0.0682. The predicted molar refractivity (Wildman–Crippen MR) is 62.5 cm³/mol. The highest BCUT2D eigenvalue weighted by Gasteiger charge is 2.28. The van der Waals surface area contributed by atoms with Crippen LogP contribution in [0.5, 0.6) is 0 Å². The number of hydrogen-bond donors (Lipinski definition) is 2. The van der Waals surface area contributed by atoms with Crippen molar-refractivity contribution < 1.29 is 9.59 Å². The summed E-state index contributed by atoms with van der Waals surface area (Å²) < 4.78 is 0.725. The first-order valence-corrected chi connectivity index (χ1v) is 5.50. The maximum absolute atomic E-state index is 11.4. The number of carbonyl (C=O) groups is 2. The fraction of sp³-hybridized carbons (Fsp3) is 0.200. The summed E-state index contributed by atoms with van der Waals surface area (Å²) in [6.45, 7) is 0.301. The van der Waals surface area contributed by atoms with E-state index < -0.39 is 0 Å². The molecule has 3 N–H and O–H groups in total. The van der Waals surface area contributed by atoms with Gasteiger partial charge in [0.15, 0.2) is 0 Å². The Morgan fingerprint density at radius 3 is 2.81 bits per heavy atom. The van der Waals surface area contributed by atoms with Crippen molar-refractivity contribution in [2.75, 3.05) is 12.3 Å². The van der Waals surface area contributed by atoms with Gasteiger partial charge in [-0.05, 0) is 27.6 Å². The van der Waals surface area contributed by atoms with Gasteiger partial charge in [-0.25, -0.2) is 4.79 Å². The second kappa shape index (κ2) is 4.13. The maximum Gasteiger partial charge on any atom is 0.324 e. The van der Waals surface area contributed by atoms with E-state index in [0.717, 1.165) is 10.0 Å². The summed E-state index contributed by atoms with van der Waals surface area (Å²) in [5.41, 5.74) is 7.11. The van der Waals surface area contributed by atoms with E-state index in [9.17, 15) is 9.59 Å². The molecule has 84 valence electrons. The normalized spacial score (nSPS) is 15.4. The molecule has 3 amide bonds. The number of benzene rings is 1. The van der Waals surface area contributed by atoms with Crippen LogP contribution in [0.4, 0.5) is 10.5 Å². The molecule has 0 radical (unpaired) electrons. The third-order valence-corrected chi connectivity index (χ3v) is 3.34. The number of nitrogens with one attached hydrogen (secondary N) is 1. The highest BCUT2D eigenvalue weighted by molar-refractivity contribution is 9.10. The summed E-state index contributed by atoms with van der Waals surface area (Å²) in [6.07, 6.45) is 0.